The van der Waals surface area contributed by atoms with Gasteiger partial charge >= 0.3 is 6.09 Å². The summed E-state index contributed by atoms with van der Waals surface area (Å²) in [5, 5.41) is 0. The van der Waals surface area contributed by atoms with Gasteiger partial charge < -0.3 is 15.4 Å². The summed E-state index contributed by atoms with van der Waals surface area (Å²) in [6.45, 7) is 11.1. The van der Waals surface area contributed by atoms with Gasteiger partial charge in [-0.2, -0.15) is 0 Å². The number of hydrogen-bond donors (Lipinski definition) is 1. The van der Waals surface area contributed by atoms with Crippen LogP contribution in [0.2, 0.25) is 0 Å². The van der Waals surface area contributed by atoms with Crippen LogP contribution in [0.15, 0.2) is 12.1 Å². The lowest BCUT2D eigenvalue weighted by atomic mass is 9.89. The van der Waals surface area contributed by atoms with Crippen molar-refractivity contribution in [1.29, 1.82) is 0 Å². The van der Waals surface area contributed by atoms with Crippen LogP contribution in [0.3, 0.4) is 0 Å². The van der Waals surface area contributed by atoms with Crippen LogP contribution in [0.25, 0.3) is 0 Å². The van der Waals surface area contributed by atoms with Crippen LogP contribution in [0.5, 0.6) is 0 Å². The second kappa shape index (κ2) is 14.4. The van der Waals surface area contributed by atoms with E-state index in [-0.39, 0.29) is 11.3 Å². The summed E-state index contributed by atoms with van der Waals surface area (Å²) in [5.41, 5.74) is 6.79. The molecule has 1 amide bonds. The molecule has 0 unspecified atom stereocenters. The highest BCUT2D eigenvalue weighted by Crippen LogP contribution is 2.17. The molecule has 1 heterocycles. The van der Waals surface area contributed by atoms with E-state index in [1.54, 1.807) is 32.9 Å². The first-order valence-electron chi connectivity index (χ1n) is 10.8. The number of ether oxygens (including phenoxy) is 1. The molecule has 4 nitrogen and oxygen atoms in total. The number of hydrogen-bond acceptors (Lipinski definition) is 3. The van der Waals surface area contributed by atoms with Gasteiger partial charge in [0.05, 0.1) is 0 Å². The van der Waals surface area contributed by atoms with Crippen LogP contribution in [-0.4, -0.2) is 38.0 Å². The third kappa shape index (κ3) is 13.3. The van der Waals surface area contributed by atoms with Gasteiger partial charge in [-0.05, 0) is 51.4 Å². The second-order valence-corrected chi connectivity index (χ2v) is 8.29. The van der Waals surface area contributed by atoms with Crippen LogP contribution in [0, 0.1) is 5.82 Å². The van der Waals surface area contributed by atoms with Gasteiger partial charge in [0.25, 0.3) is 0 Å². The zero-order valence-corrected chi connectivity index (χ0v) is 19.3. The Morgan fingerprint density at radius 1 is 1.07 bits per heavy atom. The molecule has 2 N–H and O–H groups in total. The van der Waals surface area contributed by atoms with Crippen molar-refractivity contribution in [2.45, 2.75) is 91.7 Å². The fourth-order valence-electron chi connectivity index (χ4n) is 3.10. The summed E-state index contributed by atoms with van der Waals surface area (Å²) in [7, 11) is 7.53. The molecule has 6 heteroatoms. The van der Waals surface area contributed by atoms with E-state index in [4.69, 9.17) is 13.6 Å². The molecular formula is C23H40BFN2O2. The number of carbonyl (C=O) groups excluding carboxylic acids is 1. The third-order valence-corrected chi connectivity index (χ3v) is 4.43. The summed E-state index contributed by atoms with van der Waals surface area (Å²) >= 11 is 0. The van der Waals surface area contributed by atoms with E-state index in [0.29, 0.717) is 0 Å². The predicted octanol–water partition coefficient (Wildman–Crippen LogP) is 4.85. The van der Waals surface area contributed by atoms with Gasteiger partial charge in [0.2, 0.25) is 0 Å². The number of nitrogens with zero attached hydrogens (tertiary/aromatic N) is 1. The largest absolute Gasteiger partial charge is 0.444 e. The Morgan fingerprint density at radius 3 is 1.93 bits per heavy atom. The highest BCUT2D eigenvalue weighted by Gasteiger charge is 2.14. The number of nitrogens with two attached hydrogens (primary N) is 1. The third-order valence-electron chi connectivity index (χ3n) is 4.43. The molecule has 1 aliphatic heterocycles. The molecule has 1 aliphatic carbocycles. The van der Waals surface area contributed by atoms with E-state index in [1.165, 1.54) is 44.1 Å². The highest BCUT2D eigenvalue weighted by atomic mass is 19.1. The van der Waals surface area contributed by atoms with Crippen molar-refractivity contribution in [3.63, 3.8) is 0 Å². The molecule has 3 rings (SSSR count). The summed E-state index contributed by atoms with van der Waals surface area (Å²) in [6.07, 6.45) is 9.24. The van der Waals surface area contributed by atoms with Gasteiger partial charge in [-0.25, -0.2) is 9.18 Å². The molecule has 1 aromatic carbocycles. The molecule has 1 aromatic rings. The van der Waals surface area contributed by atoms with Gasteiger partial charge in [-0.1, -0.05) is 63.9 Å². The quantitative estimate of drug-likeness (QED) is 0.627. The maximum absolute atomic E-state index is 13.1. The molecule has 0 bridgehead atoms. The van der Waals surface area contributed by atoms with Crippen LogP contribution in [0.4, 0.5) is 9.18 Å². The van der Waals surface area contributed by atoms with E-state index in [0.717, 1.165) is 25.1 Å². The fourth-order valence-corrected chi connectivity index (χ4v) is 3.10. The Bertz CT molecular complexity index is 588. The number of carbonyl (C=O) groups is 1. The molecule has 1 fully saturated rings. The molecule has 0 aromatic heterocycles. The van der Waals surface area contributed by atoms with Crippen molar-refractivity contribution >= 4 is 19.4 Å². The van der Waals surface area contributed by atoms with Crippen molar-refractivity contribution in [2.75, 3.05) is 13.6 Å². The van der Waals surface area contributed by atoms with Crippen LogP contribution < -0.4 is 11.2 Å². The molecule has 164 valence electrons. The molecule has 2 radical (unpaired) electrons. The van der Waals surface area contributed by atoms with E-state index in [1.807, 2.05) is 20.9 Å². The molecule has 1 saturated carbocycles. The minimum Gasteiger partial charge on any atom is -0.444 e. The Balaban J connectivity index is 0.000000422. The summed E-state index contributed by atoms with van der Waals surface area (Å²) in [6, 6.07) is 3.32. The van der Waals surface area contributed by atoms with Crippen molar-refractivity contribution in [3.05, 3.63) is 29.1 Å². The lowest BCUT2D eigenvalue weighted by molar-refractivity contribution is 0.0600. The van der Waals surface area contributed by atoms with Crippen LogP contribution in [-0.2, 0) is 17.7 Å². The monoisotopic (exact) mass is 406 g/mol. The number of rotatable bonds is 0. The lowest BCUT2D eigenvalue weighted by Crippen LogP contribution is -2.28. The standard InChI is InChI=1S/C10H11BFN.C6H12.C5H11NO2.C2H6/c1-13-3-2-7-4-9(11)10(12)5-8(7)6-13;1-2-4-6-5-3-1;1-5(2,3)8-4(6)7;1-2/h4-5H,2-3,6H2,1H3;1-6H2;1-3H3,(H2,6,7);1-2H3. The van der Waals surface area contributed by atoms with Crippen LogP contribution in [0.1, 0.15) is 84.3 Å². The number of amides is 1. The molecule has 29 heavy (non-hydrogen) atoms. The zero-order chi connectivity index (χ0) is 22.4. The summed E-state index contributed by atoms with van der Waals surface area (Å²) in [4.78, 5) is 12.2. The normalized spacial score (nSPS) is 15.8. The molecular weight excluding hydrogens is 366 g/mol. The smallest absolute Gasteiger partial charge is 0.405 e. The minimum atomic E-state index is -0.725. The molecule has 0 spiro atoms. The first kappa shape index (κ1) is 27.4. The maximum Gasteiger partial charge on any atom is 0.405 e. The SMILES string of the molecule is C1CCCCC1.CC.CC(C)(C)OC(N)=O.[B]c1cc2c(cc1F)CN(C)CC2. The van der Waals surface area contributed by atoms with Crippen LogP contribution >= 0.6 is 0 Å². The second-order valence-electron chi connectivity index (χ2n) is 8.29. The van der Waals surface area contributed by atoms with E-state index >= 15 is 0 Å². The average Bonchev–Trinajstić information content (AvgIpc) is 2.65. The van der Waals surface area contributed by atoms with E-state index < -0.39 is 11.7 Å². The summed E-state index contributed by atoms with van der Waals surface area (Å²) < 4.78 is 17.7. The van der Waals surface area contributed by atoms with Gasteiger partial charge in [0.1, 0.15) is 19.3 Å². The predicted molar refractivity (Wildman–Crippen MR) is 121 cm³/mol. The van der Waals surface area contributed by atoms with E-state index in [2.05, 4.69) is 9.64 Å². The van der Waals surface area contributed by atoms with Crippen molar-refractivity contribution < 1.29 is 13.9 Å². The van der Waals surface area contributed by atoms with E-state index in [9.17, 15) is 9.18 Å². The summed E-state index contributed by atoms with van der Waals surface area (Å²) in [5.74, 6) is -0.297. The first-order chi connectivity index (χ1) is 13.6. The average molecular weight is 406 g/mol. The topological polar surface area (TPSA) is 55.6 Å². The molecule has 0 atom stereocenters. The van der Waals surface area contributed by atoms with Gasteiger partial charge in [-0.3, -0.25) is 0 Å². The van der Waals surface area contributed by atoms with Gasteiger partial charge in [-0.15, -0.1) is 0 Å². The maximum atomic E-state index is 13.1. The van der Waals surface area contributed by atoms with Crippen molar-refractivity contribution in [1.82, 2.24) is 4.90 Å². The first-order valence-corrected chi connectivity index (χ1v) is 10.8. The lowest BCUT2D eigenvalue weighted by Gasteiger charge is -2.25. The highest BCUT2D eigenvalue weighted by molar-refractivity contribution is 6.32. The fraction of sp³-hybridized carbons (Fsp3) is 0.696. The molecule has 0 saturated heterocycles. The minimum absolute atomic E-state index is 0.267. The Kier molecular flexibility index (Phi) is 13.7. The number of likely N-dealkylation sites (N-methyl/N-ethyl adjacent to an activating group) is 1. The van der Waals surface area contributed by atoms with Gasteiger partial charge in [0, 0.05) is 13.1 Å². The zero-order valence-electron chi connectivity index (χ0n) is 19.3. The number of halogens is 1. The van der Waals surface area contributed by atoms with Crippen molar-refractivity contribution in [2.24, 2.45) is 5.73 Å². The Hall–Kier alpha value is -1.56. The van der Waals surface area contributed by atoms with Gasteiger partial charge in [0.15, 0.2) is 0 Å². The Morgan fingerprint density at radius 2 is 1.55 bits per heavy atom. The number of benzene rings is 1. The van der Waals surface area contributed by atoms with Crippen molar-refractivity contribution in [3.8, 4) is 0 Å². The number of fused-ring (bicyclic) bond motifs is 1. The number of primary amides is 1. The molecule has 2 aliphatic rings. The Labute approximate surface area is 178 Å².